The molecule has 6 heteroatoms. The number of ether oxygens (including phenoxy) is 1. The second-order valence-electron chi connectivity index (χ2n) is 4.63. The normalized spacial score (nSPS) is 10.4. The van der Waals surface area contributed by atoms with Crippen LogP contribution in [0.4, 0.5) is 13.2 Å². The first-order chi connectivity index (χ1) is 10.5. The molecule has 0 fully saturated rings. The van der Waals surface area contributed by atoms with Crippen molar-refractivity contribution in [2.75, 3.05) is 20.2 Å². The lowest BCUT2D eigenvalue weighted by molar-refractivity contribution is 0.0764. The second kappa shape index (κ2) is 6.98. The van der Waals surface area contributed by atoms with Crippen molar-refractivity contribution >= 4 is 5.91 Å². The van der Waals surface area contributed by atoms with Gasteiger partial charge < -0.3 is 9.64 Å². The van der Waals surface area contributed by atoms with Gasteiger partial charge in [-0.25, -0.2) is 13.2 Å². The van der Waals surface area contributed by atoms with Gasteiger partial charge in [0.05, 0.1) is 6.54 Å². The molecule has 0 spiro atoms. The second-order valence-corrected chi connectivity index (χ2v) is 4.63. The zero-order valence-electron chi connectivity index (χ0n) is 11.9. The molecule has 116 valence electrons. The Hall–Kier alpha value is -2.50. The van der Waals surface area contributed by atoms with E-state index in [0.717, 1.165) is 17.0 Å². The number of carbonyl (C=O) groups excluding carboxylic acids is 1. The molecule has 0 saturated carbocycles. The third kappa shape index (κ3) is 3.78. The maximum absolute atomic E-state index is 13.5. The minimum Gasteiger partial charge on any atom is -0.492 e. The van der Waals surface area contributed by atoms with Gasteiger partial charge in [0.15, 0.2) is 0 Å². The summed E-state index contributed by atoms with van der Waals surface area (Å²) in [5.41, 5.74) is -0.591. The van der Waals surface area contributed by atoms with E-state index in [-0.39, 0.29) is 19.0 Å². The maximum atomic E-state index is 13.5. The molecule has 0 aromatic heterocycles. The maximum Gasteiger partial charge on any atom is 0.259 e. The quantitative estimate of drug-likeness (QED) is 0.848. The first kappa shape index (κ1) is 15.9. The summed E-state index contributed by atoms with van der Waals surface area (Å²) in [6.07, 6.45) is 0. The molecule has 2 aromatic rings. The largest absolute Gasteiger partial charge is 0.492 e. The fraction of sp³-hybridized carbons (Fsp3) is 0.188. The average Bonchev–Trinajstić information content (AvgIpc) is 2.49. The molecule has 0 N–H and O–H groups in total. The van der Waals surface area contributed by atoms with E-state index in [0.29, 0.717) is 5.75 Å². The Morgan fingerprint density at radius 2 is 1.64 bits per heavy atom. The van der Waals surface area contributed by atoms with E-state index in [1.165, 1.54) is 37.4 Å². The molecule has 3 nitrogen and oxygen atoms in total. The number of hydrogen-bond donors (Lipinski definition) is 0. The molecule has 2 rings (SSSR count). The van der Waals surface area contributed by atoms with Gasteiger partial charge in [0.2, 0.25) is 0 Å². The van der Waals surface area contributed by atoms with E-state index in [4.69, 9.17) is 4.74 Å². The van der Waals surface area contributed by atoms with E-state index in [1.54, 1.807) is 0 Å². The third-order valence-corrected chi connectivity index (χ3v) is 3.03. The standard InChI is InChI=1S/C16H14F3NO2/c1-20(9-10-22-12-7-5-11(17)6-8-12)16(21)15-13(18)3-2-4-14(15)19/h2-8H,9-10H2,1H3. The van der Waals surface area contributed by atoms with Crippen LogP contribution in [0.1, 0.15) is 10.4 Å². The molecule has 0 radical (unpaired) electrons. The zero-order valence-corrected chi connectivity index (χ0v) is 11.9. The summed E-state index contributed by atoms with van der Waals surface area (Å²) < 4.78 is 45.1. The van der Waals surface area contributed by atoms with E-state index >= 15 is 0 Å². The molecule has 0 saturated heterocycles. The molecule has 0 atom stereocenters. The van der Waals surface area contributed by atoms with Crippen LogP contribution in [0, 0.1) is 17.5 Å². The number of nitrogens with zero attached hydrogens (tertiary/aromatic N) is 1. The van der Waals surface area contributed by atoms with Gasteiger partial charge >= 0.3 is 0 Å². The number of halogens is 3. The Morgan fingerprint density at radius 3 is 2.23 bits per heavy atom. The number of benzene rings is 2. The summed E-state index contributed by atoms with van der Waals surface area (Å²) in [6.45, 7) is 0.244. The molecule has 22 heavy (non-hydrogen) atoms. The van der Waals surface area contributed by atoms with Crippen molar-refractivity contribution in [2.24, 2.45) is 0 Å². The minimum atomic E-state index is -0.906. The lowest BCUT2D eigenvalue weighted by Crippen LogP contribution is -2.32. The predicted octanol–water partition coefficient (Wildman–Crippen LogP) is 3.25. The van der Waals surface area contributed by atoms with Crippen LogP contribution in [-0.2, 0) is 0 Å². The number of rotatable bonds is 5. The lowest BCUT2D eigenvalue weighted by atomic mass is 10.1. The monoisotopic (exact) mass is 309 g/mol. The van der Waals surface area contributed by atoms with Crippen molar-refractivity contribution < 1.29 is 22.7 Å². The van der Waals surface area contributed by atoms with Crippen molar-refractivity contribution in [2.45, 2.75) is 0 Å². The van der Waals surface area contributed by atoms with Gasteiger partial charge in [-0.15, -0.1) is 0 Å². The number of carbonyl (C=O) groups is 1. The van der Waals surface area contributed by atoms with Crippen molar-refractivity contribution in [3.05, 3.63) is 65.5 Å². The fourth-order valence-electron chi connectivity index (χ4n) is 1.83. The molecule has 0 heterocycles. The third-order valence-electron chi connectivity index (χ3n) is 3.03. The van der Waals surface area contributed by atoms with E-state index in [2.05, 4.69) is 0 Å². The van der Waals surface area contributed by atoms with Gasteiger partial charge in [-0.2, -0.15) is 0 Å². The van der Waals surface area contributed by atoms with Crippen molar-refractivity contribution in [1.29, 1.82) is 0 Å². The van der Waals surface area contributed by atoms with Crippen LogP contribution in [0.2, 0.25) is 0 Å². The smallest absolute Gasteiger partial charge is 0.259 e. The van der Waals surface area contributed by atoms with Crippen LogP contribution in [0.5, 0.6) is 5.75 Å². The molecule has 2 aromatic carbocycles. The minimum absolute atomic E-state index is 0.115. The van der Waals surface area contributed by atoms with Gasteiger partial charge in [-0.05, 0) is 36.4 Å². The average molecular weight is 309 g/mol. The summed E-state index contributed by atoms with van der Waals surface area (Å²) in [4.78, 5) is 13.2. The SMILES string of the molecule is CN(CCOc1ccc(F)cc1)C(=O)c1c(F)cccc1F. The summed E-state index contributed by atoms with van der Waals surface area (Å²) in [7, 11) is 1.42. The van der Waals surface area contributed by atoms with Gasteiger partial charge in [-0.1, -0.05) is 6.07 Å². The highest BCUT2D eigenvalue weighted by Crippen LogP contribution is 2.14. The van der Waals surface area contributed by atoms with Crippen LogP contribution in [0.3, 0.4) is 0 Å². The molecule has 0 aliphatic heterocycles. The van der Waals surface area contributed by atoms with Crippen LogP contribution in [0.25, 0.3) is 0 Å². The Bertz CT molecular complexity index is 639. The summed E-state index contributed by atoms with van der Waals surface area (Å²) in [5, 5.41) is 0. The molecule has 0 aliphatic rings. The first-order valence-electron chi connectivity index (χ1n) is 6.57. The Kier molecular flexibility index (Phi) is 5.04. The Morgan fingerprint density at radius 1 is 1.05 bits per heavy atom. The first-order valence-corrected chi connectivity index (χ1v) is 6.57. The molecule has 1 amide bonds. The lowest BCUT2D eigenvalue weighted by Gasteiger charge is -2.18. The van der Waals surface area contributed by atoms with Gasteiger partial charge in [0.25, 0.3) is 5.91 Å². The van der Waals surface area contributed by atoms with Crippen molar-refractivity contribution in [3.8, 4) is 5.75 Å². The zero-order chi connectivity index (χ0) is 16.1. The van der Waals surface area contributed by atoms with Crippen molar-refractivity contribution in [1.82, 2.24) is 4.90 Å². The Balaban J connectivity index is 1.93. The van der Waals surface area contributed by atoms with Crippen LogP contribution >= 0.6 is 0 Å². The topological polar surface area (TPSA) is 29.5 Å². The highest BCUT2D eigenvalue weighted by atomic mass is 19.1. The molecular formula is C16H14F3NO2. The summed E-state index contributed by atoms with van der Waals surface area (Å²) in [6, 6.07) is 8.65. The fourth-order valence-corrected chi connectivity index (χ4v) is 1.83. The number of likely N-dealkylation sites (N-methyl/N-ethyl adjacent to an activating group) is 1. The predicted molar refractivity (Wildman–Crippen MR) is 75.2 cm³/mol. The number of amides is 1. The highest BCUT2D eigenvalue weighted by Gasteiger charge is 2.20. The van der Waals surface area contributed by atoms with Gasteiger partial charge in [-0.3, -0.25) is 4.79 Å². The summed E-state index contributed by atoms with van der Waals surface area (Å²) >= 11 is 0. The molecule has 0 unspecified atom stereocenters. The van der Waals surface area contributed by atoms with Crippen LogP contribution in [-0.4, -0.2) is 31.0 Å². The van der Waals surface area contributed by atoms with Gasteiger partial charge in [0.1, 0.15) is 35.4 Å². The number of hydrogen-bond acceptors (Lipinski definition) is 2. The van der Waals surface area contributed by atoms with Gasteiger partial charge in [0, 0.05) is 7.05 Å². The van der Waals surface area contributed by atoms with Crippen molar-refractivity contribution in [3.63, 3.8) is 0 Å². The molecule has 0 aliphatic carbocycles. The van der Waals surface area contributed by atoms with Crippen LogP contribution < -0.4 is 4.74 Å². The van der Waals surface area contributed by atoms with E-state index in [9.17, 15) is 18.0 Å². The summed E-state index contributed by atoms with van der Waals surface area (Å²) in [5.74, 6) is -2.51. The molecular weight excluding hydrogens is 295 g/mol. The Labute approximate surface area is 125 Å². The van der Waals surface area contributed by atoms with E-state index in [1.807, 2.05) is 0 Å². The highest BCUT2D eigenvalue weighted by molar-refractivity contribution is 5.94. The van der Waals surface area contributed by atoms with E-state index < -0.39 is 23.1 Å². The molecule has 0 bridgehead atoms. The van der Waals surface area contributed by atoms with Crippen LogP contribution in [0.15, 0.2) is 42.5 Å².